The summed E-state index contributed by atoms with van der Waals surface area (Å²) in [4.78, 5) is 22.5. The number of rotatable bonds is 5. The maximum atomic E-state index is 13.3. The molecule has 2 saturated heterocycles. The van der Waals surface area contributed by atoms with Crippen LogP contribution in [0.1, 0.15) is 55.4 Å². The van der Waals surface area contributed by atoms with Crippen molar-refractivity contribution in [2.45, 2.75) is 58.7 Å². The highest BCUT2D eigenvalue weighted by molar-refractivity contribution is 6.05. The van der Waals surface area contributed by atoms with Crippen molar-refractivity contribution in [3.63, 3.8) is 0 Å². The summed E-state index contributed by atoms with van der Waals surface area (Å²) in [5.74, 6) is 0.241. The minimum Gasteiger partial charge on any atom is -0.456 e. The average Bonchev–Trinajstić information content (AvgIpc) is 3.14. The number of nitrogens with zero attached hydrogens (tertiary/aromatic N) is 3. The summed E-state index contributed by atoms with van der Waals surface area (Å²) in [7, 11) is 2.08. The second-order valence-electron chi connectivity index (χ2n) is 9.69. The number of ether oxygens (including phenoxy) is 3. The second kappa shape index (κ2) is 9.37. The predicted molar refractivity (Wildman–Crippen MR) is 122 cm³/mol. The van der Waals surface area contributed by atoms with E-state index in [0.717, 1.165) is 50.4 Å². The van der Waals surface area contributed by atoms with Crippen LogP contribution < -0.4 is 4.90 Å². The van der Waals surface area contributed by atoms with Crippen LogP contribution in [0.15, 0.2) is 10.5 Å². The van der Waals surface area contributed by atoms with Gasteiger partial charge < -0.3 is 23.5 Å². The Labute approximate surface area is 189 Å². The molecule has 0 N–H and O–H groups in total. The first kappa shape index (κ1) is 23.0. The fourth-order valence-corrected chi connectivity index (χ4v) is 4.43. The van der Waals surface area contributed by atoms with Crippen LogP contribution in [0.5, 0.6) is 0 Å². The highest BCUT2D eigenvalue weighted by Crippen LogP contribution is 2.34. The molecule has 8 heteroatoms. The van der Waals surface area contributed by atoms with Crippen LogP contribution in [0, 0.1) is 6.92 Å². The van der Waals surface area contributed by atoms with Crippen LogP contribution in [0.3, 0.4) is 0 Å². The van der Waals surface area contributed by atoms with Crippen molar-refractivity contribution in [3.8, 4) is 0 Å². The molecule has 2 aliphatic rings. The zero-order chi connectivity index (χ0) is 22.9. The number of esters is 1. The molecule has 0 aliphatic carbocycles. The van der Waals surface area contributed by atoms with Crippen molar-refractivity contribution in [1.29, 1.82) is 0 Å². The lowest BCUT2D eigenvalue weighted by Gasteiger charge is -2.34. The Morgan fingerprint density at radius 1 is 1.19 bits per heavy atom. The third kappa shape index (κ3) is 5.08. The molecule has 4 rings (SSSR count). The zero-order valence-electron chi connectivity index (χ0n) is 19.9. The maximum Gasteiger partial charge on any atom is 0.341 e. The minimum absolute atomic E-state index is 0.349. The predicted octanol–water partition coefficient (Wildman–Crippen LogP) is 3.54. The normalized spacial score (nSPS) is 18.8. The average molecular weight is 446 g/mol. The van der Waals surface area contributed by atoms with E-state index in [-0.39, 0.29) is 5.97 Å². The number of carbonyl (C=O) groups excluding carboxylic acids is 1. The van der Waals surface area contributed by atoms with E-state index in [4.69, 9.17) is 23.6 Å². The molecular weight excluding hydrogens is 410 g/mol. The lowest BCUT2D eigenvalue weighted by molar-refractivity contribution is 0.00708. The molecule has 2 aromatic rings. The Balaban J connectivity index is 1.74. The van der Waals surface area contributed by atoms with Crippen molar-refractivity contribution in [3.05, 3.63) is 23.1 Å². The smallest absolute Gasteiger partial charge is 0.341 e. The number of benzene rings is 1. The van der Waals surface area contributed by atoms with Crippen molar-refractivity contribution in [2.24, 2.45) is 0 Å². The van der Waals surface area contributed by atoms with E-state index in [0.29, 0.717) is 48.4 Å². The van der Waals surface area contributed by atoms with Gasteiger partial charge in [0.15, 0.2) is 5.58 Å². The van der Waals surface area contributed by atoms with Gasteiger partial charge >= 0.3 is 5.97 Å². The molecule has 3 heterocycles. The highest BCUT2D eigenvalue weighted by atomic mass is 16.6. The van der Waals surface area contributed by atoms with Crippen molar-refractivity contribution >= 4 is 22.8 Å². The van der Waals surface area contributed by atoms with E-state index in [2.05, 4.69) is 16.8 Å². The van der Waals surface area contributed by atoms with Gasteiger partial charge in [-0.15, -0.1) is 0 Å². The number of oxazole rings is 1. The summed E-state index contributed by atoms with van der Waals surface area (Å²) in [6, 6.07) is 2.37. The maximum absolute atomic E-state index is 13.3. The van der Waals surface area contributed by atoms with Gasteiger partial charge in [-0.2, -0.15) is 0 Å². The molecule has 0 unspecified atom stereocenters. The fraction of sp³-hybridized carbons (Fsp3) is 0.667. The molecule has 1 aromatic heterocycles. The summed E-state index contributed by atoms with van der Waals surface area (Å²) in [6.07, 6.45) is 1.91. The third-order valence-electron chi connectivity index (χ3n) is 6.15. The van der Waals surface area contributed by atoms with Gasteiger partial charge in [-0.25, -0.2) is 9.78 Å². The number of hydrogen-bond donors (Lipinski definition) is 0. The number of hydrogen-bond acceptors (Lipinski definition) is 8. The molecule has 8 nitrogen and oxygen atoms in total. The van der Waals surface area contributed by atoms with E-state index in [1.54, 1.807) is 0 Å². The number of carbonyl (C=O) groups is 1. The van der Waals surface area contributed by atoms with Crippen molar-refractivity contribution in [1.82, 2.24) is 9.88 Å². The molecule has 2 fully saturated rings. The first-order valence-corrected chi connectivity index (χ1v) is 11.5. The van der Waals surface area contributed by atoms with Crippen LogP contribution in [0.25, 0.3) is 11.1 Å². The molecule has 0 amide bonds. The zero-order valence-corrected chi connectivity index (χ0v) is 19.9. The summed E-state index contributed by atoms with van der Waals surface area (Å²) >= 11 is 0. The fourth-order valence-electron chi connectivity index (χ4n) is 4.43. The summed E-state index contributed by atoms with van der Waals surface area (Å²) < 4.78 is 22.9. The summed E-state index contributed by atoms with van der Waals surface area (Å²) in [5.41, 5.74) is 2.92. The lowest BCUT2D eigenvalue weighted by atomic mass is 10.0. The van der Waals surface area contributed by atoms with Crippen LogP contribution in [0.4, 0.5) is 5.69 Å². The largest absolute Gasteiger partial charge is 0.456 e. The Hall–Kier alpha value is -2.16. The Morgan fingerprint density at radius 2 is 1.84 bits per heavy atom. The van der Waals surface area contributed by atoms with Crippen LogP contribution in [-0.4, -0.2) is 74.1 Å². The SMILES string of the molecule is Cc1c(N(C)C2CCOCC2)cc2oc(CN3CCOCC3)nc2c1C(=O)OC(C)(C)C. The molecule has 0 bridgehead atoms. The quantitative estimate of drug-likeness (QED) is 0.647. The first-order chi connectivity index (χ1) is 15.2. The van der Waals surface area contributed by atoms with E-state index >= 15 is 0 Å². The van der Waals surface area contributed by atoms with Crippen LogP contribution in [-0.2, 0) is 20.8 Å². The molecule has 1 aromatic carbocycles. The van der Waals surface area contributed by atoms with Gasteiger partial charge in [0.05, 0.1) is 25.3 Å². The Morgan fingerprint density at radius 3 is 2.50 bits per heavy atom. The first-order valence-electron chi connectivity index (χ1n) is 11.5. The van der Waals surface area contributed by atoms with E-state index in [1.807, 2.05) is 33.8 Å². The number of morpholine rings is 1. The molecule has 32 heavy (non-hydrogen) atoms. The molecular formula is C24H35N3O5. The monoisotopic (exact) mass is 445 g/mol. The van der Waals surface area contributed by atoms with E-state index < -0.39 is 5.60 Å². The molecule has 2 aliphatic heterocycles. The van der Waals surface area contributed by atoms with Gasteiger partial charge in [0, 0.05) is 51.1 Å². The van der Waals surface area contributed by atoms with Crippen molar-refractivity contribution < 1.29 is 23.4 Å². The van der Waals surface area contributed by atoms with E-state index in [1.165, 1.54) is 0 Å². The summed E-state index contributed by atoms with van der Waals surface area (Å²) in [6.45, 7) is 12.8. The Bertz CT molecular complexity index is 953. The van der Waals surface area contributed by atoms with Gasteiger partial charge in [0.2, 0.25) is 5.89 Å². The van der Waals surface area contributed by atoms with Crippen molar-refractivity contribution in [2.75, 3.05) is 51.5 Å². The minimum atomic E-state index is -0.598. The summed E-state index contributed by atoms with van der Waals surface area (Å²) in [5, 5.41) is 0. The molecule has 0 atom stereocenters. The van der Waals surface area contributed by atoms with Crippen LogP contribution >= 0.6 is 0 Å². The van der Waals surface area contributed by atoms with Crippen LogP contribution in [0.2, 0.25) is 0 Å². The number of fused-ring (bicyclic) bond motifs is 1. The molecule has 0 spiro atoms. The second-order valence-corrected chi connectivity index (χ2v) is 9.69. The van der Waals surface area contributed by atoms with Gasteiger partial charge in [-0.3, -0.25) is 4.90 Å². The molecule has 176 valence electrons. The lowest BCUT2D eigenvalue weighted by Crippen LogP contribution is -2.37. The number of anilines is 1. The molecule has 0 saturated carbocycles. The standard InChI is InChI=1S/C24H35N3O5/c1-16-18(26(5)17-6-10-29-11-7-17)14-19-22(21(16)23(28)32-24(2,3)4)25-20(31-19)15-27-8-12-30-13-9-27/h14,17H,6-13,15H2,1-5H3. The topological polar surface area (TPSA) is 77.3 Å². The highest BCUT2D eigenvalue weighted by Gasteiger charge is 2.29. The van der Waals surface area contributed by atoms with Gasteiger partial charge in [0.25, 0.3) is 0 Å². The Kier molecular flexibility index (Phi) is 6.74. The van der Waals surface area contributed by atoms with Gasteiger partial charge in [0.1, 0.15) is 11.1 Å². The third-order valence-corrected chi connectivity index (χ3v) is 6.15. The number of aromatic nitrogens is 1. The van der Waals surface area contributed by atoms with E-state index in [9.17, 15) is 4.79 Å². The van der Waals surface area contributed by atoms with Gasteiger partial charge in [-0.05, 0) is 46.1 Å². The van der Waals surface area contributed by atoms with Gasteiger partial charge in [-0.1, -0.05) is 0 Å². The molecule has 0 radical (unpaired) electrons.